The van der Waals surface area contributed by atoms with Crippen LogP contribution >= 0.6 is 0 Å². The van der Waals surface area contributed by atoms with Crippen LogP contribution in [-0.4, -0.2) is 23.6 Å². The van der Waals surface area contributed by atoms with Crippen molar-refractivity contribution in [3.63, 3.8) is 0 Å². The lowest BCUT2D eigenvalue weighted by Crippen LogP contribution is -2.51. The normalized spacial score (nSPS) is 18.5. The van der Waals surface area contributed by atoms with Gasteiger partial charge in [-0.1, -0.05) is 19.1 Å². The quantitative estimate of drug-likeness (QED) is 0.658. The molecule has 0 saturated carbocycles. The molecule has 0 unspecified atom stereocenters. The molecule has 0 radical (unpaired) electrons. The summed E-state index contributed by atoms with van der Waals surface area (Å²) in [7, 11) is 0. The van der Waals surface area contributed by atoms with Crippen LogP contribution in [0.1, 0.15) is 49.0 Å². The van der Waals surface area contributed by atoms with Gasteiger partial charge in [0.1, 0.15) is 5.82 Å². The van der Waals surface area contributed by atoms with E-state index >= 15 is 0 Å². The molecule has 2 aromatic rings. The number of amides is 4. The van der Waals surface area contributed by atoms with Crippen molar-refractivity contribution in [1.29, 1.82) is 0 Å². The highest BCUT2D eigenvalue weighted by molar-refractivity contribution is 6.06. The smallest absolute Gasteiger partial charge is 0.255 e. The second-order valence-electron chi connectivity index (χ2n) is 7.22. The van der Waals surface area contributed by atoms with E-state index in [0.717, 1.165) is 11.6 Å². The summed E-state index contributed by atoms with van der Waals surface area (Å²) in [5, 5.41) is 7.45. The van der Waals surface area contributed by atoms with Gasteiger partial charge in [0, 0.05) is 24.6 Å². The molecule has 3 N–H and O–H groups in total. The molecule has 8 heteroatoms. The number of carbonyl (C=O) groups excluding carboxylic acids is 4. The van der Waals surface area contributed by atoms with Crippen LogP contribution in [0.3, 0.4) is 0 Å². The van der Waals surface area contributed by atoms with Crippen LogP contribution in [0.5, 0.6) is 0 Å². The minimum atomic E-state index is -0.777. The lowest BCUT2D eigenvalue weighted by molar-refractivity contribution is -0.138. The van der Waals surface area contributed by atoms with Gasteiger partial charge in [-0.25, -0.2) is 4.39 Å². The van der Waals surface area contributed by atoms with Crippen LogP contribution in [0.2, 0.25) is 0 Å². The molecule has 1 aliphatic rings. The molecule has 0 bridgehead atoms. The predicted octanol–water partition coefficient (Wildman–Crippen LogP) is 3.12. The van der Waals surface area contributed by atoms with E-state index in [2.05, 4.69) is 16.0 Å². The largest absolute Gasteiger partial charge is 0.324 e. The Morgan fingerprint density at radius 3 is 2.40 bits per heavy atom. The molecule has 2 aromatic carbocycles. The van der Waals surface area contributed by atoms with Crippen molar-refractivity contribution in [1.82, 2.24) is 5.32 Å². The number of rotatable bonds is 5. The number of benzene rings is 2. The number of halogens is 1. The molecule has 7 nitrogen and oxygen atoms in total. The predicted molar refractivity (Wildman–Crippen MR) is 109 cm³/mol. The molecule has 1 saturated heterocycles. The Kier molecular flexibility index (Phi) is 5.96. The number of hydrogen-bond donors (Lipinski definition) is 3. The van der Waals surface area contributed by atoms with Crippen molar-refractivity contribution in [2.45, 2.75) is 38.5 Å². The standard InChI is InChI=1S/C22H22FN3O4/c1-3-22(11-10-19(28)26-21(22)30)15-5-7-16(8-6-15)25-20(29)14-4-9-17(23)18(12-14)24-13(2)27/h4-9,12H,3,10-11H2,1-2H3,(H,24,27)(H,25,29)(H,26,28,30)/t22-/m0/s1. The van der Waals surface area contributed by atoms with Gasteiger partial charge in [0.05, 0.1) is 11.1 Å². The summed E-state index contributed by atoms with van der Waals surface area (Å²) in [5.74, 6) is -2.14. The van der Waals surface area contributed by atoms with Crippen molar-refractivity contribution in [2.75, 3.05) is 10.6 Å². The zero-order valence-corrected chi connectivity index (χ0v) is 16.7. The van der Waals surface area contributed by atoms with Gasteiger partial charge in [-0.05, 0) is 48.7 Å². The maximum atomic E-state index is 13.8. The minimum absolute atomic E-state index is 0.0757. The lowest BCUT2D eigenvalue weighted by Gasteiger charge is -2.35. The molecule has 30 heavy (non-hydrogen) atoms. The lowest BCUT2D eigenvalue weighted by atomic mass is 9.72. The molecule has 156 valence electrons. The van der Waals surface area contributed by atoms with Gasteiger partial charge in [-0.15, -0.1) is 0 Å². The van der Waals surface area contributed by atoms with Gasteiger partial charge in [0.15, 0.2) is 0 Å². The molecule has 1 atom stereocenters. The fraction of sp³-hybridized carbons (Fsp3) is 0.273. The highest BCUT2D eigenvalue weighted by atomic mass is 19.1. The van der Waals surface area contributed by atoms with Crippen molar-refractivity contribution in [2.24, 2.45) is 0 Å². The molecule has 1 fully saturated rings. The van der Waals surface area contributed by atoms with Crippen LogP contribution in [0.4, 0.5) is 15.8 Å². The van der Waals surface area contributed by atoms with Gasteiger partial charge in [-0.3, -0.25) is 24.5 Å². The topological polar surface area (TPSA) is 104 Å². The van der Waals surface area contributed by atoms with Crippen LogP contribution < -0.4 is 16.0 Å². The first kappa shape index (κ1) is 21.2. The van der Waals surface area contributed by atoms with Crippen molar-refractivity contribution >= 4 is 35.0 Å². The van der Waals surface area contributed by atoms with Crippen molar-refractivity contribution in [3.8, 4) is 0 Å². The Labute approximate surface area is 173 Å². The summed E-state index contributed by atoms with van der Waals surface area (Å²) >= 11 is 0. The van der Waals surface area contributed by atoms with Crippen LogP contribution in [0, 0.1) is 5.82 Å². The number of carbonyl (C=O) groups is 4. The second-order valence-corrected chi connectivity index (χ2v) is 7.22. The Morgan fingerprint density at radius 1 is 1.10 bits per heavy atom. The molecule has 1 aliphatic heterocycles. The van der Waals surface area contributed by atoms with Crippen LogP contribution in [0.25, 0.3) is 0 Å². The monoisotopic (exact) mass is 411 g/mol. The third-order valence-corrected chi connectivity index (χ3v) is 5.30. The number of anilines is 2. The third kappa shape index (κ3) is 4.22. The summed E-state index contributed by atoms with van der Waals surface area (Å²) < 4.78 is 13.8. The van der Waals surface area contributed by atoms with E-state index in [-0.39, 0.29) is 29.5 Å². The Hall–Kier alpha value is -3.55. The molecule has 3 rings (SSSR count). The van der Waals surface area contributed by atoms with E-state index in [9.17, 15) is 23.6 Å². The maximum absolute atomic E-state index is 13.8. The van der Waals surface area contributed by atoms with E-state index in [1.54, 1.807) is 24.3 Å². The van der Waals surface area contributed by atoms with E-state index in [4.69, 9.17) is 0 Å². The molecule has 0 aromatic heterocycles. The summed E-state index contributed by atoms with van der Waals surface area (Å²) in [4.78, 5) is 47.7. The summed E-state index contributed by atoms with van der Waals surface area (Å²) in [6, 6.07) is 10.5. The zero-order valence-electron chi connectivity index (χ0n) is 16.7. The molecule has 1 heterocycles. The molecule has 0 spiro atoms. The SMILES string of the molecule is CC[C@@]1(c2ccc(NC(=O)c3ccc(F)c(NC(C)=O)c3)cc2)CCC(=O)NC1=O. The number of imide groups is 1. The first-order valence-corrected chi connectivity index (χ1v) is 9.58. The van der Waals surface area contributed by atoms with Gasteiger partial charge in [-0.2, -0.15) is 0 Å². The summed E-state index contributed by atoms with van der Waals surface area (Å²) in [6.07, 6.45) is 1.25. The first-order valence-electron chi connectivity index (χ1n) is 9.58. The number of hydrogen-bond acceptors (Lipinski definition) is 4. The van der Waals surface area contributed by atoms with Crippen LogP contribution in [0.15, 0.2) is 42.5 Å². The van der Waals surface area contributed by atoms with E-state index < -0.39 is 23.0 Å². The maximum Gasteiger partial charge on any atom is 0.255 e. The fourth-order valence-electron chi connectivity index (χ4n) is 3.59. The molecular weight excluding hydrogens is 389 g/mol. The fourth-order valence-corrected chi connectivity index (χ4v) is 3.59. The van der Waals surface area contributed by atoms with Gasteiger partial charge >= 0.3 is 0 Å². The highest BCUT2D eigenvalue weighted by Crippen LogP contribution is 2.36. The Balaban J connectivity index is 1.77. The van der Waals surface area contributed by atoms with Gasteiger partial charge < -0.3 is 10.6 Å². The Morgan fingerprint density at radius 2 is 1.80 bits per heavy atom. The van der Waals surface area contributed by atoms with Crippen molar-refractivity contribution < 1.29 is 23.6 Å². The highest BCUT2D eigenvalue weighted by Gasteiger charge is 2.42. The minimum Gasteiger partial charge on any atom is -0.324 e. The number of piperidine rings is 1. The van der Waals surface area contributed by atoms with E-state index in [1.807, 2.05) is 6.92 Å². The average Bonchev–Trinajstić information content (AvgIpc) is 2.70. The Bertz CT molecular complexity index is 1020. The summed E-state index contributed by atoms with van der Waals surface area (Å²) in [6.45, 7) is 3.14. The van der Waals surface area contributed by atoms with Gasteiger partial charge in [0.2, 0.25) is 17.7 Å². The summed E-state index contributed by atoms with van der Waals surface area (Å²) in [5.41, 5.74) is 0.587. The average molecular weight is 411 g/mol. The van der Waals surface area contributed by atoms with E-state index in [1.165, 1.54) is 19.1 Å². The second kappa shape index (κ2) is 8.44. The number of nitrogens with one attached hydrogen (secondary N) is 3. The van der Waals surface area contributed by atoms with E-state index in [0.29, 0.717) is 18.5 Å². The zero-order chi connectivity index (χ0) is 21.9. The third-order valence-electron chi connectivity index (χ3n) is 5.30. The molecule has 0 aliphatic carbocycles. The molecule has 4 amide bonds. The van der Waals surface area contributed by atoms with Gasteiger partial charge in [0.25, 0.3) is 5.91 Å². The molecular formula is C22H22FN3O4. The van der Waals surface area contributed by atoms with Crippen LogP contribution in [-0.2, 0) is 19.8 Å². The van der Waals surface area contributed by atoms with Crippen molar-refractivity contribution in [3.05, 3.63) is 59.4 Å². The first-order chi connectivity index (χ1) is 14.2.